The molecule has 2 aliphatic heterocycles. The van der Waals surface area contributed by atoms with E-state index in [1.807, 2.05) is 12.1 Å². The van der Waals surface area contributed by atoms with Crippen LogP contribution < -0.4 is 20.4 Å². The zero-order valence-corrected chi connectivity index (χ0v) is 14.2. The normalized spacial score (nSPS) is 18.0. The highest BCUT2D eigenvalue weighted by atomic mass is 19.1. The maximum Gasteiger partial charge on any atom is 0.157 e. The molecule has 4 rings (SSSR count). The maximum atomic E-state index is 13.1. The number of hydrogen-bond acceptors (Lipinski definition) is 6. The van der Waals surface area contributed by atoms with Crippen LogP contribution >= 0.6 is 0 Å². The summed E-state index contributed by atoms with van der Waals surface area (Å²) >= 11 is 0. The first-order valence-electron chi connectivity index (χ1n) is 8.83. The third-order valence-corrected chi connectivity index (χ3v) is 5.02. The smallest absolute Gasteiger partial charge is 0.157 e. The number of nitrogens with two attached hydrogens (primary N) is 1. The van der Waals surface area contributed by atoms with Gasteiger partial charge in [-0.2, -0.15) is 0 Å². The Hall–Kier alpha value is -2.57. The van der Waals surface area contributed by atoms with Gasteiger partial charge in [0.2, 0.25) is 0 Å². The van der Waals surface area contributed by atoms with E-state index in [-0.39, 0.29) is 5.82 Å². The van der Waals surface area contributed by atoms with Gasteiger partial charge in [0, 0.05) is 45.0 Å². The van der Waals surface area contributed by atoms with E-state index in [9.17, 15) is 4.39 Å². The van der Waals surface area contributed by atoms with E-state index in [2.05, 4.69) is 24.7 Å². The quantitative estimate of drug-likeness (QED) is 0.922. The molecule has 0 atom stereocenters. The highest BCUT2D eigenvalue weighted by molar-refractivity contribution is 5.76. The van der Waals surface area contributed by atoms with E-state index in [1.54, 1.807) is 6.33 Å². The van der Waals surface area contributed by atoms with Gasteiger partial charge in [0.25, 0.3) is 0 Å². The van der Waals surface area contributed by atoms with Crippen molar-refractivity contribution in [1.82, 2.24) is 9.97 Å². The largest absolute Gasteiger partial charge is 0.393 e. The SMILES string of the molecule is Nc1c(N2CCCC2)ncnc1N1CCN(c2ccc(F)cc2)CC1. The molecule has 7 heteroatoms. The third kappa shape index (κ3) is 3.18. The molecule has 0 unspecified atom stereocenters. The number of aromatic nitrogens is 2. The van der Waals surface area contributed by atoms with Crippen LogP contribution in [0.5, 0.6) is 0 Å². The van der Waals surface area contributed by atoms with E-state index in [0.29, 0.717) is 5.69 Å². The summed E-state index contributed by atoms with van der Waals surface area (Å²) < 4.78 is 13.1. The number of nitrogen functional groups attached to an aromatic ring is 1. The molecule has 3 heterocycles. The van der Waals surface area contributed by atoms with Crippen molar-refractivity contribution >= 4 is 23.0 Å². The van der Waals surface area contributed by atoms with Gasteiger partial charge in [-0.05, 0) is 37.1 Å². The Balaban J connectivity index is 1.47. The van der Waals surface area contributed by atoms with Crippen molar-refractivity contribution in [2.45, 2.75) is 12.8 Å². The van der Waals surface area contributed by atoms with Gasteiger partial charge in [-0.1, -0.05) is 0 Å². The lowest BCUT2D eigenvalue weighted by Gasteiger charge is -2.37. The van der Waals surface area contributed by atoms with Crippen molar-refractivity contribution in [2.24, 2.45) is 0 Å². The summed E-state index contributed by atoms with van der Waals surface area (Å²) in [5.74, 6) is 1.49. The molecule has 2 N–H and O–H groups in total. The lowest BCUT2D eigenvalue weighted by atomic mass is 10.2. The summed E-state index contributed by atoms with van der Waals surface area (Å²) in [5, 5.41) is 0. The fourth-order valence-electron chi connectivity index (χ4n) is 3.64. The van der Waals surface area contributed by atoms with E-state index >= 15 is 0 Å². The van der Waals surface area contributed by atoms with Crippen molar-refractivity contribution in [3.05, 3.63) is 36.4 Å². The average Bonchev–Trinajstić information content (AvgIpc) is 3.17. The van der Waals surface area contributed by atoms with Crippen LogP contribution in [0.15, 0.2) is 30.6 Å². The van der Waals surface area contributed by atoms with E-state index in [1.165, 1.54) is 25.0 Å². The summed E-state index contributed by atoms with van der Waals surface area (Å²) in [4.78, 5) is 15.6. The Bertz CT molecular complexity index is 721. The molecule has 1 aromatic carbocycles. The first-order valence-corrected chi connectivity index (χ1v) is 8.83. The van der Waals surface area contributed by atoms with Gasteiger partial charge in [0.15, 0.2) is 11.6 Å². The minimum Gasteiger partial charge on any atom is -0.393 e. The van der Waals surface area contributed by atoms with Crippen LogP contribution in [0, 0.1) is 5.82 Å². The number of halogens is 1. The highest BCUT2D eigenvalue weighted by Crippen LogP contribution is 2.31. The summed E-state index contributed by atoms with van der Waals surface area (Å²) in [6.45, 7) is 5.40. The van der Waals surface area contributed by atoms with E-state index in [0.717, 1.165) is 56.6 Å². The van der Waals surface area contributed by atoms with Gasteiger partial charge in [-0.3, -0.25) is 0 Å². The van der Waals surface area contributed by atoms with E-state index < -0.39 is 0 Å². The molecule has 132 valence electrons. The molecule has 0 bridgehead atoms. The average molecular weight is 342 g/mol. The first kappa shape index (κ1) is 15.9. The molecule has 2 aromatic rings. The molecule has 0 amide bonds. The molecule has 25 heavy (non-hydrogen) atoms. The van der Waals surface area contributed by atoms with Crippen LogP contribution in [0.1, 0.15) is 12.8 Å². The number of nitrogens with zero attached hydrogens (tertiary/aromatic N) is 5. The molecule has 2 saturated heterocycles. The van der Waals surface area contributed by atoms with Crippen LogP contribution in [0.2, 0.25) is 0 Å². The van der Waals surface area contributed by atoms with Gasteiger partial charge in [-0.15, -0.1) is 0 Å². The van der Waals surface area contributed by atoms with Crippen molar-refractivity contribution in [3.8, 4) is 0 Å². The molecule has 6 nitrogen and oxygen atoms in total. The molecule has 0 radical (unpaired) electrons. The van der Waals surface area contributed by atoms with Crippen molar-refractivity contribution in [1.29, 1.82) is 0 Å². The predicted octanol–water partition coefficient (Wildman–Crippen LogP) is 2.12. The molecule has 2 fully saturated rings. The number of piperazine rings is 1. The zero-order chi connectivity index (χ0) is 17.2. The first-order chi connectivity index (χ1) is 12.2. The highest BCUT2D eigenvalue weighted by Gasteiger charge is 2.24. The van der Waals surface area contributed by atoms with Crippen molar-refractivity contribution in [3.63, 3.8) is 0 Å². The van der Waals surface area contributed by atoms with Gasteiger partial charge in [0.1, 0.15) is 17.8 Å². The minimum atomic E-state index is -0.203. The molecule has 2 aliphatic rings. The second-order valence-electron chi connectivity index (χ2n) is 6.58. The number of hydrogen-bond donors (Lipinski definition) is 1. The fraction of sp³-hybridized carbons (Fsp3) is 0.444. The molecular weight excluding hydrogens is 319 g/mol. The van der Waals surface area contributed by atoms with Crippen molar-refractivity contribution < 1.29 is 4.39 Å². The topological polar surface area (TPSA) is 61.5 Å². The Morgan fingerprint density at radius 2 is 1.28 bits per heavy atom. The van der Waals surface area contributed by atoms with Crippen molar-refractivity contribution in [2.75, 3.05) is 59.7 Å². The fourth-order valence-corrected chi connectivity index (χ4v) is 3.64. The maximum absolute atomic E-state index is 13.1. The standard InChI is InChI=1S/C18H23FN6/c19-14-3-5-15(6-4-14)23-9-11-25(12-10-23)18-16(20)17(21-13-22-18)24-7-1-2-8-24/h3-6,13H,1-2,7-12,20H2. The second-order valence-corrected chi connectivity index (χ2v) is 6.58. The minimum absolute atomic E-state index is 0.203. The predicted molar refractivity (Wildman–Crippen MR) is 98.7 cm³/mol. The lowest BCUT2D eigenvalue weighted by Crippen LogP contribution is -2.47. The summed E-state index contributed by atoms with van der Waals surface area (Å²) in [5.41, 5.74) is 8.12. The Labute approximate surface area is 147 Å². The van der Waals surface area contributed by atoms with Gasteiger partial charge in [0.05, 0.1) is 0 Å². The monoisotopic (exact) mass is 342 g/mol. The van der Waals surface area contributed by atoms with Crippen LogP contribution in [0.3, 0.4) is 0 Å². The second kappa shape index (κ2) is 6.74. The van der Waals surface area contributed by atoms with E-state index in [4.69, 9.17) is 5.73 Å². The number of anilines is 4. The Kier molecular flexibility index (Phi) is 4.29. The van der Waals surface area contributed by atoms with Crippen LogP contribution in [0.4, 0.5) is 27.4 Å². The van der Waals surface area contributed by atoms with Crippen LogP contribution in [0.25, 0.3) is 0 Å². The number of rotatable bonds is 3. The third-order valence-electron chi connectivity index (χ3n) is 5.02. The molecule has 0 spiro atoms. The molecular formula is C18H23FN6. The lowest BCUT2D eigenvalue weighted by molar-refractivity contribution is 0.624. The summed E-state index contributed by atoms with van der Waals surface area (Å²) in [6, 6.07) is 6.67. The van der Waals surface area contributed by atoms with Gasteiger partial charge < -0.3 is 20.4 Å². The molecule has 0 saturated carbocycles. The van der Waals surface area contributed by atoms with Crippen LogP contribution in [-0.2, 0) is 0 Å². The summed E-state index contributed by atoms with van der Waals surface area (Å²) in [6.07, 6.45) is 4.00. The summed E-state index contributed by atoms with van der Waals surface area (Å²) in [7, 11) is 0. The van der Waals surface area contributed by atoms with Crippen LogP contribution in [-0.4, -0.2) is 49.2 Å². The molecule has 1 aromatic heterocycles. The Morgan fingerprint density at radius 3 is 1.88 bits per heavy atom. The zero-order valence-electron chi connectivity index (χ0n) is 14.2. The number of benzene rings is 1. The Morgan fingerprint density at radius 1 is 0.760 bits per heavy atom. The van der Waals surface area contributed by atoms with Gasteiger partial charge in [-0.25, -0.2) is 14.4 Å². The molecule has 0 aliphatic carbocycles. The van der Waals surface area contributed by atoms with Gasteiger partial charge >= 0.3 is 0 Å².